The molecule has 1 heterocycles. The maximum atomic E-state index is 14.2. The standard InChI is InChI=1S/C20H22ClFN4O/c1-12-2-3-15(22)16(4-12)24-17(27)19-6-13-5-14(7-19)9-20(8-13,10-19)26-11-23-18(21)25-26/h2-4,11,13-14H,5-10H2,1H3,(H,24,27). The van der Waals surface area contributed by atoms with Crippen molar-refractivity contribution in [3.05, 3.63) is 41.2 Å². The molecule has 4 aliphatic rings. The Morgan fingerprint density at radius 3 is 2.70 bits per heavy atom. The number of hydrogen-bond donors (Lipinski definition) is 1. The van der Waals surface area contributed by atoms with E-state index >= 15 is 0 Å². The van der Waals surface area contributed by atoms with Crippen molar-refractivity contribution in [1.29, 1.82) is 0 Å². The van der Waals surface area contributed by atoms with Crippen LogP contribution in [0.5, 0.6) is 0 Å². The minimum Gasteiger partial charge on any atom is -0.323 e. The first-order valence-corrected chi connectivity index (χ1v) is 9.91. The molecule has 7 heteroatoms. The quantitative estimate of drug-likeness (QED) is 0.852. The minimum absolute atomic E-state index is 0.0586. The average Bonchev–Trinajstić information content (AvgIpc) is 3.04. The third kappa shape index (κ3) is 2.68. The van der Waals surface area contributed by atoms with E-state index in [4.69, 9.17) is 11.6 Å². The second kappa shape index (κ2) is 5.77. The van der Waals surface area contributed by atoms with Crippen molar-refractivity contribution in [2.45, 2.75) is 51.0 Å². The molecule has 6 rings (SSSR count). The smallest absolute Gasteiger partial charge is 0.242 e. The third-order valence-corrected chi connectivity index (χ3v) is 7.01. The number of rotatable bonds is 3. The van der Waals surface area contributed by atoms with Crippen LogP contribution in [0, 0.1) is 30.0 Å². The second-order valence-corrected chi connectivity index (χ2v) is 9.20. The molecule has 1 aromatic heterocycles. The van der Waals surface area contributed by atoms with Crippen LogP contribution in [0.2, 0.25) is 5.28 Å². The summed E-state index contributed by atoms with van der Waals surface area (Å²) in [4.78, 5) is 17.5. The van der Waals surface area contributed by atoms with Crippen LogP contribution in [0.3, 0.4) is 0 Å². The second-order valence-electron chi connectivity index (χ2n) is 8.86. The fourth-order valence-electron chi connectivity index (χ4n) is 6.21. The van der Waals surface area contributed by atoms with Gasteiger partial charge in [0, 0.05) is 0 Å². The Kier molecular flexibility index (Phi) is 3.67. The van der Waals surface area contributed by atoms with Crippen LogP contribution in [0.25, 0.3) is 0 Å². The Morgan fingerprint density at radius 2 is 2.04 bits per heavy atom. The van der Waals surface area contributed by atoms with E-state index in [1.165, 1.54) is 6.07 Å². The Labute approximate surface area is 162 Å². The zero-order valence-electron chi connectivity index (χ0n) is 15.2. The zero-order chi connectivity index (χ0) is 18.8. The number of carbonyl (C=O) groups excluding carboxylic acids is 1. The summed E-state index contributed by atoms with van der Waals surface area (Å²) in [6, 6.07) is 4.81. The molecular formula is C20H22ClFN4O. The maximum Gasteiger partial charge on any atom is 0.242 e. The number of carbonyl (C=O) groups is 1. The lowest BCUT2D eigenvalue weighted by molar-refractivity contribution is -0.150. The minimum atomic E-state index is -0.474. The highest BCUT2D eigenvalue weighted by Gasteiger charge is 2.61. The van der Waals surface area contributed by atoms with Crippen molar-refractivity contribution < 1.29 is 9.18 Å². The molecule has 27 heavy (non-hydrogen) atoms. The van der Waals surface area contributed by atoms with Crippen LogP contribution in [-0.2, 0) is 10.3 Å². The molecule has 2 unspecified atom stereocenters. The summed E-state index contributed by atoms with van der Waals surface area (Å²) in [5.74, 6) is 0.526. The van der Waals surface area contributed by atoms with Gasteiger partial charge in [0.1, 0.15) is 12.1 Å². The number of nitrogens with one attached hydrogen (secondary N) is 1. The molecule has 0 saturated heterocycles. The van der Waals surface area contributed by atoms with Crippen molar-refractivity contribution in [2.75, 3.05) is 5.32 Å². The van der Waals surface area contributed by atoms with Gasteiger partial charge in [0.05, 0.1) is 16.6 Å². The fraction of sp³-hybridized carbons (Fsp3) is 0.550. The monoisotopic (exact) mass is 388 g/mol. The predicted octanol–water partition coefficient (Wildman–Crippen LogP) is 4.31. The molecule has 1 aromatic carbocycles. The molecule has 0 radical (unpaired) electrons. The third-order valence-electron chi connectivity index (χ3n) is 6.83. The molecule has 5 nitrogen and oxygen atoms in total. The molecule has 0 spiro atoms. The van der Waals surface area contributed by atoms with Gasteiger partial charge in [0.25, 0.3) is 0 Å². The molecule has 4 saturated carbocycles. The van der Waals surface area contributed by atoms with E-state index in [2.05, 4.69) is 15.4 Å². The number of amides is 1. The molecular weight excluding hydrogens is 367 g/mol. The Bertz CT molecular complexity index is 912. The maximum absolute atomic E-state index is 14.2. The van der Waals surface area contributed by atoms with Gasteiger partial charge in [0.15, 0.2) is 0 Å². The van der Waals surface area contributed by atoms with E-state index in [1.807, 2.05) is 11.6 Å². The average molecular weight is 389 g/mol. The zero-order valence-corrected chi connectivity index (χ0v) is 16.0. The lowest BCUT2D eigenvalue weighted by Gasteiger charge is -2.60. The molecule has 4 aliphatic carbocycles. The lowest BCUT2D eigenvalue weighted by atomic mass is 9.46. The highest BCUT2D eigenvalue weighted by molar-refractivity contribution is 6.28. The van der Waals surface area contributed by atoms with Gasteiger partial charge in [-0.1, -0.05) is 6.07 Å². The molecule has 2 aromatic rings. The Hall–Kier alpha value is -1.95. The largest absolute Gasteiger partial charge is 0.323 e. The number of aryl methyl sites for hydroxylation is 1. The van der Waals surface area contributed by atoms with Crippen LogP contribution >= 0.6 is 11.6 Å². The summed E-state index contributed by atoms with van der Waals surface area (Å²) in [6.45, 7) is 1.89. The van der Waals surface area contributed by atoms with Gasteiger partial charge < -0.3 is 5.32 Å². The summed E-state index contributed by atoms with van der Waals surface area (Å²) in [5, 5.41) is 7.52. The highest BCUT2D eigenvalue weighted by atomic mass is 35.5. The summed E-state index contributed by atoms with van der Waals surface area (Å²) in [7, 11) is 0. The molecule has 1 N–H and O–H groups in total. The van der Waals surface area contributed by atoms with Crippen LogP contribution < -0.4 is 5.32 Å². The number of hydrogen-bond acceptors (Lipinski definition) is 3. The van der Waals surface area contributed by atoms with Gasteiger partial charge in [-0.25, -0.2) is 14.1 Å². The first-order chi connectivity index (χ1) is 12.9. The molecule has 0 aliphatic heterocycles. The lowest BCUT2D eigenvalue weighted by Crippen LogP contribution is -2.60. The van der Waals surface area contributed by atoms with Crippen LogP contribution in [-0.4, -0.2) is 20.7 Å². The van der Waals surface area contributed by atoms with Crippen LogP contribution in [0.4, 0.5) is 10.1 Å². The molecule has 4 bridgehead atoms. The van der Waals surface area contributed by atoms with Crippen LogP contribution in [0.15, 0.2) is 24.5 Å². The van der Waals surface area contributed by atoms with Crippen molar-refractivity contribution in [1.82, 2.24) is 14.8 Å². The molecule has 142 valence electrons. The number of nitrogens with zero attached hydrogens (tertiary/aromatic N) is 3. The fourth-order valence-corrected chi connectivity index (χ4v) is 6.33. The number of halogens is 2. The van der Waals surface area contributed by atoms with E-state index in [1.54, 1.807) is 18.5 Å². The van der Waals surface area contributed by atoms with Crippen molar-refractivity contribution in [3.8, 4) is 0 Å². The van der Waals surface area contributed by atoms with Crippen LogP contribution in [0.1, 0.15) is 44.1 Å². The van der Waals surface area contributed by atoms with Gasteiger partial charge >= 0.3 is 0 Å². The summed E-state index contributed by atoms with van der Waals surface area (Å²) in [5.41, 5.74) is 0.519. The Morgan fingerprint density at radius 1 is 1.30 bits per heavy atom. The number of benzene rings is 1. The summed E-state index contributed by atoms with van der Waals surface area (Å²) in [6.07, 6.45) is 7.33. The van der Waals surface area contributed by atoms with Crippen molar-refractivity contribution >= 4 is 23.2 Å². The summed E-state index contributed by atoms with van der Waals surface area (Å²) < 4.78 is 16.1. The first-order valence-electron chi connectivity index (χ1n) is 9.53. The van der Waals surface area contributed by atoms with Gasteiger partial charge in [0.2, 0.25) is 11.2 Å². The number of aromatic nitrogens is 3. The van der Waals surface area contributed by atoms with Gasteiger partial charge in [-0.2, -0.15) is 0 Å². The van der Waals surface area contributed by atoms with E-state index < -0.39 is 11.2 Å². The molecule has 4 fully saturated rings. The first kappa shape index (κ1) is 17.2. The normalized spacial score (nSPS) is 34.0. The predicted molar refractivity (Wildman–Crippen MR) is 99.9 cm³/mol. The van der Waals surface area contributed by atoms with Gasteiger partial charge in [-0.15, -0.1) is 5.10 Å². The molecule has 2 atom stereocenters. The highest BCUT2D eigenvalue weighted by Crippen LogP contribution is 2.64. The molecule has 1 amide bonds. The topological polar surface area (TPSA) is 59.8 Å². The summed E-state index contributed by atoms with van der Waals surface area (Å²) >= 11 is 5.97. The van der Waals surface area contributed by atoms with E-state index in [9.17, 15) is 9.18 Å². The Balaban J connectivity index is 1.48. The van der Waals surface area contributed by atoms with Gasteiger partial charge in [-0.3, -0.25) is 4.79 Å². The van der Waals surface area contributed by atoms with Gasteiger partial charge in [-0.05, 0) is 86.6 Å². The van der Waals surface area contributed by atoms with E-state index in [-0.39, 0.29) is 22.4 Å². The van der Waals surface area contributed by atoms with E-state index in [0.29, 0.717) is 18.3 Å². The SMILES string of the molecule is Cc1ccc(F)c(NC(=O)C23CC4CC(C2)CC(n2cnc(Cl)n2)(C4)C3)c1. The number of anilines is 1. The van der Waals surface area contributed by atoms with E-state index in [0.717, 1.165) is 37.7 Å². The van der Waals surface area contributed by atoms with Crippen molar-refractivity contribution in [2.24, 2.45) is 17.3 Å². The van der Waals surface area contributed by atoms with Crippen molar-refractivity contribution in [3.63, 3.8) is 0 Å².